The Hall–Kier alpha value is -1.17. The van der Waals surface area contributed by atoms with Crippen LogP contribution in [0.4, 0.5) is 10.1 Å². The number of carbonyl (C=O) groups is 1. The topological polar surface area (TPSA) is 64.4 Å². The Kier molecular flexibility index (Phi) is 4.77. The molecule has 1 aliphatic heterocycles. The summed E-state index contributed by atoms with van der Waals surface area (Å²) in [5, 5.41) is 2.82. The number of hydrogen-bond acceptors (Lipinski definition) is 3. The Morgan fingerprint density at radius 3 is 2.83 bits per heavy atom. The number of hydrogen-bond donors (Lipinski definition) is 2. The average Bonchev–Trinajstić information content (AvgIpc) is 2.50. The van der Waals surface area contributed by atoms with Crippen LogP contribution in [0.25, 0.3) is 0 Å². The van der Waals surface area contributed by atoms with Crippen LogP contribution in [0.15, 0.2) is 18.2 Å². The van der Waals surface area contributed by atoms with Crippen molar-refractivity contribution in [3.63, 3.8) is 0 Å². The third-order valence-corrected chi connectivity index (χ3v) is 5.51. The Balaban J connectivity index is 0.00000192. The molecule has 4 nitrogen and oxygen atoms in total. The van der Waals surface area contributed by atoms with Gasteiger partial charge in [-0.1, -0.05) is 19.9 Å². The molecule has 1 aromatic rings. The van der Waals surface area contributed by atoms with Crippen LogP contribution in [-0.4, -0.2) is 24.2 Å². The summed E-state index contributed by atoms with van der Waals surface area (Å²) in [6.45, 7) is 6.50. The summed E-state index contributed by atoms with van der Waals surface area (Å²) in [7, 11) is 0. The first-order valence-electron chi connectivity index (χ1n) is 7.76. The molecule has 0 spiro atoms. The number of nitrogens with one attached hydrogen (secondary N) is 1. The maximum absolute atomic E-state index is 13.4. The fourth-order valence-electron chi connectivity index (χ4n) is 3.99. The Morgan fingerprint density at radius 2 is 2.13 bits per heavy atom. The largest absolute Gasteiger partial charge is 0.377 e. The molecule has 1 saturated carbocycles. The highest BCUT2D eigenvalue weighted by molar-refractivity contribution is 6.00. The molecule has 1 heterocycles. The first-order chi connectivity index (χ1) is 10.3. The van der Waals surface area contributed by atoms with Crippen LogP contribution in [0.5, 0.6) is 0 Å². The molecule has 3 atom stereocenters. The van der Waals surface area contributed by atoms with Crippen LogP contribution in [-0.2, 0) is 9.53 Å². The van der Waals surface area contributed by atoms with Crippen molar-refractivity contribution in [3.8, 4) is 0 Å². The molecule has 1 aliphatic carbocycles. The number of halogens is 2. The summed E-state index contributed by atoms with van der Waals surface area (Å²) >= 11 is 0. The lowest BCUT2D eigenvalue weighted by atomic mass is 9.46. The van der Waals surface area contributed by atoms with E-state index in [1.807, 2.05) is 20.8 Å². The van der Waals surface area contributed by atoms with Gasteiger partial charge in [-0.15, -0.1) is 12.4 Å². The molecule has 1 aromatic carbocycles. The maximum atomic E-state index is 13.4. The summed E-state index contributed by atoms with van der Waals surface area (Å²) in [4.78, 5) is 12.8. The predicted octanol–water partition coefficient (Wildman–Crippen LogP) is 3.03. The van der Waals surface area contributed by atoms with Crippen LogP contribution in [0, 0.1) is 24.1 Å². The van der Waals surface area contributed by atoms with Crippen molar-refractivity contribution in [1.82, 2.24) is 0 Å². The van der Waals surface area contributed by atoms with Crippen molar-refractivity contribution in [1.29, 1.82) is 0 Å². The van der Waals surface area contributed by atoms with Crippen molar-refractivity contribution < 1.29 is 13.9 Å². The van der Waals surface area contributed by atoms with E-state index in [0.717, 1.165) is 25.0 Å². The zero-order valence-electron chi connectivity index (χ0n) is 13.7. The van der Waals surface area contributed by atoms with Gasteiger partial charge >= 0.3 is 0 Å². The van der Waals surface area contributed by atoms with Gasteiger partial charge in [0.1, 0.15) is 11.4 Å². The van der Waals surface area contributed by atoms with Gasteiger partial charge in [-0.3, -0.25) is 4.79 Å². The minimum Gasteiger partial charge on any atom is -0.377 e. The normalized spacial score (nSPS) is 31.3. The van der Waals surface area contributed by atoms with E-state index < -0.39 is 11.0 Å². The summed E-state index contributed by atoms with van der Waals surface area (Å²) < 4.78 is 19.2. The molecule has 23 heavy (non-hydrogen) atoms. The maximum Gasteiger partial charge on any atom is 0.245 e. The van der Waals surface area contributed by atoms with Gasteiger partial charge in [-0.25, -0.2) is 4.39 Å². The van der Waals surface area contributed by atoms with Gasteiger partial charge in [0.2, 0.25) is 5.91 Å². The SMILES string of the molecule is Cc1ccc(F)cc1NC(=O)C1(N)C2CCCOC2C1(C)C.Cl. The number of amides is 1. The molecule has 0 radical (unpaired) electrons. The number of nitrogens with two attached hydrogens (primary N) is 1. The van der Waals surface area contributed by atoms with Gasteiger partial charge in [0.15, 0.2) is 0 Å². The number of ether oxygens (including phenoxy) is 1. The van der Waals surface area contributed by atoms with E-state index in [2.05, 4.69) is 5.32 Å². The standard InChI is InChI=1S/C17H23FN2O2.ClH/c1-10-6-7-11(18)9-13(10)20-15(21)17(19)12-5-4-8-22-14(12)16(17,2)3;/h6-7,9,12,14H,4-5,8,19H2,1-3H3,(H,20,21);1H. The Labute approximate surface area is 142 Å². The van der Waals surface area contributed by atoms with E-state index in [4.69, 9.17) is 10.5 Å². The van der Waals surface area contributed by atoms with Crippen molar-refractivity contribution >= 4 is 24.0 Å². The average molecular weight is 343 g/mol. The van der Waals surface area contributed by atoms with Crippen molar-refractivity contribution in [2.75, 3.05) is 11.9 Å². The quantitative estimate of drug-likeness (QED) is 0.868. The van der Waals surface area contributed by atoms with E-state index in [1.165, 1.54) is 12.1 Å². The summed E-state index contributed by atoms with van der Waals surface area (Å²) in [5.41, 5.74) is 6.39. The van der Waals surface area contributed by atoms with Gasteiger partial charge in [0.05, 0.1) is 6.10 Å². The molecule has 3 unspecified atom stereocenters. The zero-order chi connectivity index (χ0) is 16.1. The Bertz CT molecular complexity index is 623. The van der Waals surface area contributed by atoms with Crippen LogP contribution in [0.1, 0.15) is 32.3 Å². The van der Waals surface area contributed by atoms with E-state index in [9.17, 15) is 9.18 Å². The fourth-order valence-corrected chi connectivity index (χ4v) is 3.99. The minimum absolute atomic E-state index is 0. The second-order valence-electron chi connectivity index (χ2n) is 7.04. The summed E-state index contributed by atoms with van der Waals surface area (Å²) in [5.74, 6) is -0.609. The second kappa shape index (κ2) is 6.04. The zero-order valence-corrected chi connectivity index (χ0v) is 14.5. The van der Waals surface area contributed by atoms with Crippen LogP contribution in [0.3, 0.4) is 0 Å². The first-order valence-corrected chi connectivity index (χ1v) is 7.76. The van der Waals surface area contributed by atoms with Gasteiger partial charge in [-0.05, 0) is 37.5 Å². The highest BCUT2D eigenvalue weighted by Crippen LogP contribution is 2.57. The lowest BCUT2D eigenvalue weighted by Crippen LogP contribution is -2.81. The van der Waals surface area contributed by atoms with Crippen molar-refractivity contribution in [3.05, 3.63) is 29.6 Å². The molecule has 3 rings (SSSR count). The first kappa shape index (κ1) is 18.2. The lowest BCUT2D eigenvalue weighted by molar-refractivity contribution is -0.222. The molecule has 0 aromatic heterocycles. The van der Waals surface area contributed by atoms with Crippen molar-refractivity contribution in [2.24, 2.45) is 17.1 Å². The van der Waals surface area contributed by atoms with E-state index in [0.29, 0.717) is 5.69 Å². The van der Waals surface area contributed by atoms with Crippen LogP contribution in [0.2, 0.25) is 0 Å². The highest BCUT2D eigenvalue weighted by Gasteiger charge is 2.70. The van der Waals surface area contributed by atoms with E-state index in [-0.39, 0.29) is 36.2 Å². The predicted molar refractivity (Wildman–Crippen MR) is 90.2 cm³/mol. The third kappa shape index (κ3) is 2.55. The second-order valence-corrected chi connectivity index (χ2v) is 7.04. The molecule has 1 saturated heterocycles. The van der Waals surface area contributed by atoms with Gasteiger partial charge < -0.3 is 15.8 Å². The molecule has 2 aliphatic rings. The monoisotopic (exact) mass is 342 g/mol. The molecule has 1 amide bonds. The highest BCUT2D eigenvalue weighted by atomic mass is 35.5. The number of fused-ring (bicyclic) bond motifs is 1. The minimum atomic E-state index is -0.989. The molecule has 128 valence electrons. The summed E-state index contributed by atoms with van der Waals surface area (Å²) in [6, 6.07) is 4.35. The molecule has 6 heteroatoms. The van der Waals surface area contributed by atoms with Crippen LogP contribution < -0.4 is 11.1 Å². The van der Waals surface area contributed by atoms with Crippen LogP contribution >= 0.6 is 12.4 Å². The molecule has 2 fully saturated rings. The number of aryl methyl sites for hydroxylation is 1. The smallest absolute Gasteiger partial charge is 0.245 e. The van der Waals surface area contributed by atoms with Crippen molar-refractivity contribution in [2.45, 2.75) is 45.3 Å². The number of carbonyl (C=O) groups excluding carboxylic acids is 1. The lowest BCUT2D eigenvalue weighted by Gasteiger charge is -2.65. The Morgan fingerprint density at radius 1 is 1.43 bits per heavy atom. The summed E-state index contributed by atoms with van der Waals surface area (Å²) in [6.07, 6.45) is 1.83. The van der Waals surface area contributed by atoms with E-state index >= 15 is 0 Å². The van der Waals surface area contributed by atoms with Gasteiger partial charge in [0.25, 0.3) is 0 Å². The number of rotatable bonds is 2. The number of benzene rings is 1. The fraction of sp³-hybridized carbons (Fsp3) is 0.588. The molecular weight excluding hydrogens is 319 g/mol. The van der Waals surface area contributed by atoms with E-state index in [1.54, 1.807) is 6.07 Å². The number of anilines is 1. The van der Waals surface area contributed by atoms with Gasteiger partial charge in [0, 0.05) is 23.6 Å². The molecule has 0 bridgehead atoms. The van der Waals surface area contributed by atoms with Gasteiger partial charge in [-0.2, -0.15) is 0 Å². The molecular formula is C17H24ClFN2O2. The molecule has 3 N–H and O–H groups in total. The third-order valence-electron chi connectivity index (χ3n) is 5.51.